The Morgan fingerprint density at radius 2 is 1.95 bits per heavy atom. The van der Waals surface area contributed by atoms with Gasteiger partial charge in [-0.3, -0.25) is 14.5 Å². The summed E-state index contributed by atoms with van der Waals surface area (Å²) in [5.74, 6) is -0.330. The molecule has 2 aromatic rings. The van der Waals surface area contributed by atoms with E-state index in [-0.39, 0.29) is 31.2 Å². The number of hydrogen-bond donors (Lipinski definition) is 1. The van der Waals surface area contributed by atoms with E-state index in [0.29, 0.717) is 49.7 Å². The zero-order valence-corrected chi connectivity index (χ0v) is 26.3. The average Bonchev–Trinajstić information content (AvgIpc) is 3.60. The second kappa shape index (κ2) is 14.8. The lowest BCUT2D eigenvalue weighted by molar-refractivity contribution is -0.870. The number of aliphatic carboxylic acids is 1. The molecular weight excluding hydrogens is 550 g/mol. The number of likely N-dealkylation sites (tertiary alicyclic amines) is 1. The Balaban J connectivity index is 1.58. The molecule has 1 aromatic heterocycles. The van der Waals surface area contributed by atoms with Crippen molar-refractivity contribution in [1.82, 2.24) is 19.8 Å². The molecule has 1 N–H and O–H groups in total. The fraction of sp³-hybridized carbons (Fsp3) is 0.625. The van der Waals surface area contributed by atoms with Crippen molar-refractivity contribution in [2.75, 3.05) is 67.8 Å². The number of rotatable bonds is 16. The normalized spacial score (nSPS) is 19.9. The molecule has 236 valence electrons. The van der Waals surface area contributed by atoms with Crippen LogP contribution in [0.1, 0.15) is 56.2 Å². The van der Waals surface area contributed by atoms with Crippen molar-refractivity contribution >= 4 is 11.9 Å². The summed E-state index contributed by atoms with van der Waals surface area (Å²) >= 11 is 0. The molecule has 0 bridgehead atoms. The Morgan fingerprint density at radius 3 is 2.63 bits per heavy atom. The van der Waals surface area contributed by atoms with Crippen LogP contribution in [-0.4, -0.2) is 115 Å². The number of benzene rings is 1. The van der Waals surface area contributed by atoms with Gasteiger partial charge in [0.15, 0.2) is 11.5 Å². The largest absolute Gasteiger partial charge is 0.493 e. The van der Waals surface area contributed by atoms with E-state index in [1.54, 1.807) is 13.3 Å². The number of aryl methyl sites for hydroxylation is 1. The van der Waals surface area contributed by atoms with Crippen LogP contribution >= 0.6 is 0 Å². The maximum atomic E-state index is 13.8. The molecule has 0 radical (unpaired) electrons. The number of aromatic nitrogens is 2. The van der Waals surface area contributed by atoms with Crippen molar-refractivity contribution in [3.63, 3.8) is 0 Å². The predicted octanol–water partition coefficient (Wildman–Crippen LogP) is 3.43. The summed E-state index contributed by atoms with van der Waals surface area (Å²) in [6.07, 6.45) is 8.27. The molecule has 11 heteroatoms. The van der Waals surface area contributed by atoms with Gasteiger partial charge in [-0.1, -0.05) is 13.3 Å². The van der Waals surface area contributed by atoms with Crippen LogP contribution in [0.25, 0.3) is 0 Å². The molecular formula is C32H48N5O6+. The van der Waals surface area contributed by atoms with Crippen LogP contribution in [0, 0.1) is 5.92 Å². The number of carboxylic acid groups (broad SMARTS) is 1. The van der Waals surface area contributed by atoms with Gasteiger partial charge in [0, 0.05) is 43.5 Å². The molecule has 1 amide bonds. The molecule has 0 unspecified atom stereocenters. The summed E-state index contributed by atoms with van der Waals surface area (Å²) in [6.45, 7) is 5.30. The summed E-state index contributed by atoms with van der Waals surface area (Å²) in [5.41, 5.74) is 1.65. The molecule has 4 rings (SSSR count). The Morgan fingerprint density at radius 1 is 1.16 bits per heavy atom. The molecule has 0 spiro atoms. The first-order valence-corrected chi connectivity index (χ1v) is 15.4. The van der Waals surface area contributed by atoms with Crippen molar-refractivity contribution in [3.05, 3.63) is 42.0 Å². The summed E-state index contributed by atoms with van der Waals surface area (Å²) in [7, 11) is 8.10. The van der Waals surface area contributed by atoms with Crippen molar-refractivity contribution in [3.8, 4) is 17.2 Å². The smallest absolute Gasteiger partial charge is 0.308 e. The molecule has 11 nitrogen and oxygen atoms in total. The fourth-order valence-electron chi connectivity index (χ4n) is 6.19. The minimum absolute atomic E-state index is 0.0544. The van der Waals surface area contributed by atoms with Crippen LogP contribution < -0.4 is 14.2 Å². The number of methoxy groups -OCH3 is 1. The van der Waals surface area contributed by atoms with Crippen LogP contribution in [0.3, 0.4) is 0 Å². The lowest BCUT2D eigenvalue weighted by atomic mass is 9.83. The first-order chi connectivity index (χ1) is 20.6. The molecule has 43 heavy (non-hydrogen) atoms. The van der Waals surface area contributed by atoms with Gasteiger partial charge < -0.3 is 28.7 Å². The van der Waals surface area contributed by atoms with Gasteiger partial charge in [-0.05, 0) is 55.9 Å². The second-order valence-corrected chi connectivity index (χ2v) is 12.6. The second-order valence-electron chi connectivity index (χ2n) is 12.6. The highest BCUT2D eigenvalue weighted by Crippen LogP contribution is 2.47. The third kappa shape index (κ3) is 8.57. The number of carboxylic acids is 1. The van der Waals surface area contributed by atoms with E-state index < -0.39 is 11.9 Å². The highest BCUT2D eigenvalue weighted by atomic mass is 16.7. The van der Waals surface area contributed by atoms with Gasteiger partial charge >= 0.3 is 5.97 Å². The third-order valence-corrected chi connectivity index (χ3v) is 8.46. The zero-order chi connectivity index (χ0) is 31.0. The Kier molecular flexibility index (Phi) is 11.2. The first-order valence-electron chi connectivity index (χ1n) is 15.4. The van der Waals surface area contributed by atoms with Crippen LogP contribution in [0.15, 0.2) is 30.7 Å². The van der Waals surface area contributed by atoms with Gasteiger partial charge in [0.25, 0.3) is 0 Å². The summed E-state index contributed by atoms with van der Waals surface area (Å²) in [5, 5.41) is 10.6. The number of carbonyl (C=O) groups is 2. The molecule has 0 aliphatic carbocycles. The fourth-order valence-corrected chi connectivity index (χ4v) is 6.19. The van der Waals surface area contributed by atoms with Crippen molar-refractivity contribution in [2.45, 2.75) is 57.4 Å². The number of unbranched alkanes of at least 4 members (excludes halogenated alkanes) is 2. The van der Waals surface area contributed by atoms with Crippen LogP contribution in [0.5, 0.6) is 17.2 Å². The van der Waals surface area contributed by atoms with Gasteiger partial charge in [0.1, 0.15) is 6.33 Å². The number of fused-ring (bicyclic) bond motifs is 1. The molecule has 1 saturated heterocycles. The minimum atomic E-state index is -0.882. The Labute approximate surface area is 255 Å². The van der Waals surface area contributed by atoms with Crippen molar-refractivity contribution in [1.29, 1.82) is 0 Å². The van der Waals surface area contributed by atoms with Gasteiger partial charge in [-0.2, -0.15) is 0 Å². The molecule has 3 atom stereocenters. The molecule has 1 fully saturated rings. The summed E-state index contributed by atoms with van der Waals surface area (Å²) in [6, 6.07) is 5.20. The van der Waals surface area contributed by atoms with E-state index in [0.717, 1.165) is 48.0 Å². The third-order valence-electron chi connectivity index (χ3n) is 8.46. The van der Waals surface area contributed by atoms with Gasteiger partial charge in [-0.15, -0.1) is 0 Å². The average molecular weight is 599 g/mol. The van der Waals surface area contributed by atoms with E-state index in [2.05, 4.69) is 42.9 Å². The van der Waals surface area contributed by atoms with Crippen molar-refractivity contribution in [2.24, 2.45) is 5.92 Å². The maximum Gasteiger partial charge on any atom is 0.308 e. The van der Waals surface area contributed by atoms with Crippen LogP contribution in [0.2, 0.25) is 0 Å². The van der Waals surface area contributed by atoms with E-state index >= 15 is 0 Å². The van der Waals surface area contributed by atoms with E-state index in [4.69, 9.17) is 14.2 Å². The maximum absolute atomic E-state index is 13.8. The molecule has 3 heterocycles. The molecule has 1 aromatic carbocycles. The number of quaternary nitrogens is 1. The topological polar surface area (TPSA) is 114 Å². The minimum Gasteiger partial charge on any atom is -0.493 e. The zero-order valence-electron chi connectivity index (χ0n) is 26.3. The number of nitrogens with zero attached hydrogens (tertiary/aromatic N) is 5. The van der Waals surface area contributed by atoms with Gasteiger partial charge in [0.05, 0.1) is 47.3 Å². The molecule has 0 saturated carbocycles. The van der Waals surface area contributed by atoms with Gasteiger partial charge in [-0.25, -0.2) is 9.97 Å². The Bertz CT molecular complexity index is 1220. The highest BCUT2D eigenvalue weighted by molar-refractivity contribution is 5.79. The van der Waals surface area contributed by atoms with E-state index in [1.165, 1.54) is 6.33 Å². The quantitative estimate of drug-likeness (QED) is 0.229. The lowest BCUT2D eigenvalue weighted by Gasteiger charge is -2.30. The van der Waals surface area contributed by atoms with E-state index in [1.807, 2.05) is 23.1 Å². The predicted molar refractivity (Wildman–Crippen MR) is 162 cm³/mol. The van der Waals surface area contributed by atoms with Crippen LogP contribution in [-0.2, 0) is 16.0 Å². The number of hydrogen-bond acceptors (Lipinski definition) is 8. The molecule has 2 aliphatic heterocycles. The summed E-state index contributed by atoms with van der Waals surface area (Å²) < 4.78 is 17.7. The van der Waals surface area contributed by atoms with Gasteiger partial charge in [0.2, 0.25) is 18.4 Å². The Hall–Kier alpha value is -3.44. The molecule has 2 aliphatic rings. The monoisotopic (exact) mass is 598 g/mol. The number of ether oxygens (including phenoxy) is 3. The SMILES string of the molecule is CCCCN(CCCC[N+](C)(C)C)C(=O)CN1C[C@H](c2cc(OC)c3c(c2)OCO3)[C@@H](C(=O)O)[C@@H]1CCc1ccncn1. The number of amides is 1. The summed E-state index contributed by atoms with van der Waals surface area (Å²) in [4.78, 5) is 39.2. The van der Waals surface area contributed by atoms with Crippen molar-refractivity contribution < 1.29 is 33.4 Å². The highest BCUT2D eigenvalue weighted by Gasteiger charge is 2.47. The standard InChI is InChI=1S/C32H47N5O6/c1-6-7-14-35(15-8-9-16-37(2,3)4)29(38)20-36-19-25(23-17-27(41-5)31-28(18-23)42-22-43-31)30(32(39)40)26(36)11-10-24-12-13-33-21-34-24/h12-13,17-18,21,25-26,30H,6-11,14-16,19-20,22H2,1-5H3/p+1/t25-,26+,30-/m1/s1. The van der Waals surface area contributed by atoms with E-state index in [9.17, 15) is 14.7 Å². The number of carbonyl (C=O) groups excluding carboxylic acids is 1. The van der Waals surface area contributed by atoms with Crippen LogP contribution in [0.4, 0.5) is 0 Å². The lowest BCUT2D eigenvalue weighted by Crippen LogP contribution is -2.45. The first kappa shape index (κ1) is 32.5.